The first kappa shape index (κ1) is 66.9. The molecule has 6 N–H and O–H groups in total. The third-order valence-electron chi connectivity index (χ3n) is 11.6. The molecule has 0 saturated carbocycles. The summed E-state index contributed by atoms with van der Waals surface area (Å²) < 4.78 is 34.7. The Labute approximate surface area is 486 Å². The number of anilines is 1. The van der Waals surface area contributed by atoms with Crippen LogP contribution in [0.2, 0.25) is 0 Å². The number of carbonyl (C=O) groups is 6. The molecule has 85 heavy (non-hydrogen) atoms. The second kappa shape index (κ2) is 34.6. The number of carbonyl (C=O) groups excluding carboxylic acids is 4. The van der Waals surface area contributed by atoms with Gasteiger partial charge in [-0.3, -0.25) is 38.9 Å². The quantitative estimate of drug-likeness (QED) is 0.0141. The third kappa shape index (κ3) is 22.7. The summed E-state index contributed by atoms with van der Waals surface area (Å²) in [6, 6.07) is 33.8. The van der Waals surface area contributed by atoms with E-state index in [2.05, 4.69) is 15.0 Å². The number of phenols is 2. The van der Waals surface area contributed by atoms with E-state index in [0.29, 0.717) is 53.4 Å². The number of hydrogen-bond donors (Lipinski definition) is 5. The number of ether oxygens (including phenoxy) is 4. The Hall–Kier alpha value is -10.7. The first-order valence-corrected chi connectivity index (χ1v) is 26.3. The Balaban J connectivity index is 0.000000220. The largest absolute Gasteiger partial charge is 0.506 e. The number of rotatable bonds is 17. The maximum absolute atomic E-state index is 11.5. The zero-order chi connectivity index (χ0) is 62.4. The molecule has 24 nitrogen and oxygen atoms in total. The zero-order valence-corrected chi connectivity index (χ0v) is 47.4. The molecule has 448 valence electrons. The smallest absolute Gasteiger partial charge is 0.313 e. The van der Waals surface area contributed by atoms with Crippen LogP contribution in [0.4, 0.5) is 11.4 Å². The summed E-state index contributed by atoms with van der Waals surface area (Å²) in [6.07, 6.45) is 4.65. The van der Waals surface area contributed by atoms with E-state index in [0.717, 1.165) is 44.9 Å². The highest BCUT2D eigenvalue weighted by Gasteiger charge is 2.18. The molecule has 0 saturated heterocycles. The standard InChI is InChI=1S/C12H13NO3.C11H11NO3.C10H11NO5.C10H9NO3.C10H13NO3.C8H8O2/c1-3-15-12(14)8(2)9-4-5-10-11(6-9)16-7-13-10;1-2-14-11(13)6-8-3-4-9-10(5-8)15-7-12-9;1-2-16-10(13)6-7-3-4-8(11(14)15)9(12)5-7;1-6(10(12)13)7-2-3-8-9(4-7)14-5-11-8;1-2-14-10(13)6-7-3-4-8(11)9(12)5-7;9-8(10)6-7-4-2-1-3-5-7/h4-8H,3H2,1-2H3;3-5,7H,2,6H2,1H3;3-5,12H,2,6H2,1H3;2-6H,1H3,(H,12,13);3-5,12H,2,6,11H2,1H3;1-5H,6H2,(H,9,10). The predicted molar refractivity (Wildman–Crippen MR) is 309 cm³/mol. The van der Waals surface area contributed by atoms with E-state index in [9.17, 15) is 49.1 Å². The number of aromatic hydroxyl groups is 2. The predicted octanol–water partition coefficient (Wildman–Crippen LogP) is 10.2. The molecule has 0 amide bonds. The van der Waals surface area contributed by atoms with Crippen LogP contribution in [0.3, 0.4) is 0 Å². The highest BCUT2D eigenvalue weighted by atomic mass is 16.6. The van der Waals surface area contributed by atoms with Crippen molar-refractivity contribution in [3.63, 3.8) is 0 Å². The zero-order valence-electron chi connectivity index (χ0n) is 47.4. The van der Waals surface area contributed by atoms with E-state index in [1.54, 1.807) is 83.1 Å². The molecule has 6 aromatic carbocycles. The fraction of sp³-hybridized carbons (Fsp3) is 0.262. The molecule has 3 heterocycles. The van der Waals surface area contributed by atoms with Crippen molar-refractivity contribution in [2.45, 2.75) is 79.1 Å². The number of hydrogen-bond acceptors (Lipinski definition) is 21. The van der Waals surface area contributed by atoms with Crippen molar-refractivity contribution in [3.8, 4) is 11.5 Å². The maximum atomic E-state index is 11.5. The van der Waals surface area contributed by atoms with Crippen molar-refractivity contribution in [2.75, 3.05) is 32.2 Å². The second-order valence-corrected chi connectivity index (χ2v) is 17.8. The number of aromatic nitrogens is 3. The maximum Gasteiger partial charge on any atom is 0.313 e. The molecule has 9 aromatic rings. The molecule has 2 atom stereocenters. The van der Waals surface area contributed by atoms with Crippen LogP contribution in [0.15, 0.2) is 154 Å². The fourth-order valence-electron chi connectivity index (χ4n) is 7.28. The van der Waals surface area contributed by atoms with E-state index >= 15 is 0 Å². The molecule has 2 unspecified atom stereocenters. The molecular formula is C61H65N5O19. The van der Waals surface area contributed by atoms with Crippen LogP contribution >= 0.6 is 0 Å². The minimum atomic E-state index is -0.844. The number of fused-ring (bicyclic) bond motifs is 3. The number of nitrogen functional groups attached to an aromatic ring is 1. The van der Waals surface area contributed by atoms with E-state index < -0.39 is 34.5 Å². The number of nitro groups is 1. The lowest BCUT2D eigenvalue weighted by Crippen LogP contribution is -2.12. The van der Waals surface area contributed by atoms with Crippen LogP contribution in [0.1, 0.15) is 86.8 Å². The van der Waals surface area contributed by atoms with Crippen LogP contribution in [0.5, 0.6) is 11.5 Å². The van der Waals surface area contributed by atoms with Crippen molar-refractivity contribution < 1.29 is 86.3 Å². The SMILES string of the molecule is CC(C(=O)O)c1ccc2ncoc2c1.CCOC(=O)C(C)c1ccc2ncoc2c1.CCOC(=O)Cc1ccc(N)c(O)c1.CCOC(=O)Cc1ccc([N+](=O)[O-])c(O)c1.CCOC(=O)Cc1ccc2ncoc2c1.O=C(O)Cc1ccccc1. The molecule has 0 spiro atoms. The highest BCUT2D eigenvalue weighted by molar-refractivity contribution is 5.82. The highest BCUT2D eigenvalue weighted by Crippen LogP contribution is 2.27. The van der Waals surface area contributed by atoms with E-state index in [4.69, 9.17) is 48.1 Å². The minimum Gasteiger partial charge on any atom is -0.506 e. The van der Waals surface area contributed by atoms with Gasteiger partial charge in [-0.05, 0) is 130 Å². The number of benzene rings is 6. The Kier molecular flexibility index (Phi) is 27.2. The normalized spacial score (nSPS) is 10.9. The van der Waals surface area contributed by atoms with Gasteiger partial charge in [-0.25, -0.2) is 15.0 Å². The molecule has 0 bridgehead atoms. The van der Waals surface area contributed by atoms with Crippen molar-refractivity contribution in [1.29, 1.82) is 0 Å². The van der Waals surface area contributed by atoms with Gasteiger partial charge in [0.1, 0.15) is 22.3 Å². The Morgan fingerprint density at radius 3 is 1.35 bits per heavy atom. The topological polar surface area (TPSA) is 368 Å². The number of phenolic OH excluding ortho intramolecular Hbond substituents is 2. The second-order valence-electron chi connectivity index (χ2n) is 17.8. The summed E-state index contributed by atoms with van der Waals surface area (Å²) in [5.74, 6) is -4.09. The summed E-state index contributed by atoms with van der Waals surface area (Å²) in [7, 11) is 0. The van der Waals surface area contributed by atoms with Gasteiger partial charge in [-0.1, -0.05) is 60.7 Å². The van der Waals surface area contributed by atoms with Gasteiger partial charge < -0.3 is 58.4 Å². The number of nitrogens with zero attached hydrogens (tertiary/aromatic N) is 4. The van der Waals surface area contributed by atoms with Crippen LogP contribution in [-0.2, 0) is 73.4 Å². The average molecular weight is 1170 g/mol. The molecule has 0 fully saturated rings. The fourth-order valence-corrected chi connectivity index (χ4v) is 7.28. The summed E-state index contributed by atoms with van der Waals surface area (Å²) in [5.41, 5.74) is 14.1. The molecular weight excluding hydrogens is 1110 g/mol. The molecule has 0 aliphatic heterocycles. The van der Waals surface area contributed by atoms with E-state index in [-0.39, 0.29) is 67.6 Å². The van der Waals surface area contributed by atoms with E-state index in [1.807, 2.05) is 55.5 Å². The average Bonchev–Trinajstić information content (AvgIpc) is 4.30. The minimum absolute atomic E-state index is 0.00759. The lowest BCUT2D eigenvalue weighted by Gasteiger charge is -2.10. The first-order chi connectivity index (χ1) is 40.7. The van der Waals surface area contributed by atoms with Crippen LogP contribution in [0, 0.1) is 10.1 Å². The Morgan fingerprint density at radius 2 is 0.929 bits per heavy atom. The lowest BCUT2D eigenvalue weighted by atomic mass is 10.0. The molecule has 24 heteroatoms. The Bertz CT molecular complexity index is 3630. The van der Waals surface area contributed by atoms with Crippen molar-refractivity contribution in [3.05, 3.63) is 184 Å². The van der Waals surface area contributed by atoms with Crippen molar-refractivity contribution >= 4 is 80.5 Å². The molecule has 3 aromatic heterocycles. The van der Waals surface area contributed by atoms with Gasteiger partial charge in [0.2, 0.25) is 0 Å². The van der Waals surface area contributed by atoms with Gasteiger partial charge in [0.05, 0.1) is 74.6 Å². The van der Waals surface area contributed by atoms with Gasteiger partial charge in [0.25, 0.3) is 0 Å². The van der Waals surface area contributed by atoms with Gasteiger partial charge in [0.15, 0.2) is 41.7 Å². The van der Waals surface area contributed by atoms with Crippen LogP contribution < -0.4 is 5.73 Å². The Morgan fingerprint density at radius 1 is 0.518 bits per heavy atom. The number of nitro benzene ring substituents is 1. The monoisotopic (exact) mass is 1170 g/mol. The summed E-state index contributed by atoms with van der Waals surface area (Å²) in [4.78, 5) is 87.5. The number of carboxylic acid groups (broad SMARTS) is 2. The molecule has 0 aliphatic rings. The van der Waals surface area contributed by atoms with Crippen molar-refractivity contribution in [1.82, 2.24) is 15.0 Å². The summed E-state index contributed by atoms with van der Waals surface area (Å²) in [5, 5.41) is 46.2. The molecule has 0 aliphatic carbocycles. The number of oxazole rings is 3. The number of carboxylic acids is 2. The number of esters is 4. The summed E-state index contributed by atoms with van der Waals surface area (Å²) in [6.45, 7) is 11.9. The molecule has 9 rings (SSSR count). The van der Waals surface area contributed by atoms with Gasteiger partial charge in [-0.15, -0.1) is 0 Å². The lowest BCUT2D eigenvalue weighted by molar-refractivity contribution is -0.385. The third-order valence-corrected chi connectivity index (χ3v) is 11.6. The number of aliphatic carboxylic acids is 2. The van der Waals surface area contributed by atoms with Gasteiger partial charge in [-0.2, -0.15) is 0 Å². The van der Waals surface area contributed by atoms with Crippen LogP contribution in [0.25, 0.3) is 33.3 Å². The van der Waals surface area contributed by atoms with E-state index in [1.165, 1.54) is 37.4 Å². The summed E-state index contributed by atoms with van der Waals surface area (Å²) >= 11 is 0. The van der Waals surface area contributed by atoms with Gasteiger partial charge >= 0.3 is 41.5 Å². The van der Waals surface area contributed by atoms with Gasteiger partial charge in [0, 0.05) is 6.07 Å². The molecule has 0 radical (unpaired) electrons. The first-order valence-electron chi connectivity index (χ1n) is 26.3. The van der Waals surface area contributed by atoms with Crippen molar-refractivity contribution in [2.24, 2.45) is 0 Å². The number of nitrogens with two attached hydrogens (primary N) is 1. The van der Waals surface area contributed by atoms with Crippen LogP contribution in [-0.4, -0.2) is 103 Å².